The Labute approximate surface area is 135 Å². The number of carboxylic acid groups (broad SMARTS) is 1. The van der Waals surface area contributed by atoms with Gasteiger partial charge >= 0.3 is 11.9 Å². The van der Waals surface area contributed by atoms with Gasteiger partial charge in [-0.05, 0) is 31.6 Å². The zero-order valence-electron chi connectivity index (χ0n) is 13.0. The fraction of sp³-hybridized carbons (Fsp3) is 0.647. The second kappa shape index (κ2) is 6.09. The van der Waals surface area contributed by atoms with Gasteiger partial charge < -0.3 is 14.9 Å². The molecule has 2 aliphatic carbocycles. The minimum absolute atomic E-state index is 0.0863. The first-order valence-corrected chi connectivity index (χ1v) is 8.09. The van der Waals surface area contributed by atoms with E-state index in [1.807, 2.05) is 0 Å². The molecule has 3 rings (SSSR count). The second-order valence-corrected chi connectivity index (χ2v) is 6.81. The van der Waals surface area contributed by atoms with Gasteiger partial charge in [0.15, 0.2) is 0 Å². The van der Waals surface area contributed by atoms with Crippen molar-refractivity contribution in [2.45, 2.75) is 43.9 Å². The fourth-order valence-electron chi connectivity index (χ4n) is 4.37. The lowest BCUT2D eigenvalue weighted by molar-refractivity contribution is -0.145. The van der Waals surface area contributed by atoms with Crippen molar-refractivity contribution in [2.75, 3.05) is 6.61 Å². The molecule has 0 bridgehead atoms. The predicted octanol–water partition coefficient (Wildman–Crippen LogP) is 0.864. The van der Waals surface area contributed by atoms with Crippen LogP contribution in [0.15, 0.2) is 24.3 Å². The Bertz CT molecular complexity index is 557. The van der Waals surface area contributed by atoms with Crippen LogP contribution in [-0.2, 0) is 14.3 Å². The van der Waals surface area contributed by atoms with E-state index in [0.29, 0.717) is 5.92 Å². The number of esters is 1. The van der Waals surface area contributed by atoms with Crippen LogP contribution >= 0.6 is 0 Å². The molecule has 1 heterocycles. The van der Waals surface area contributed by atoms with Crippen molar-refractivity contribution in [3.63, 3.8) is 0 Å². The molecule has 6 nitrogen and oxygen atoms in total. The molecule has 0 spiro atoms. The summed E-state index contributed by atoms with van der Waals surface area (Å²) in [6.07, 6.45) is 3.18. The summed E-state index contributed by atoms with van der Waals surface area (Å²) >= 11 is 0. The van der Waals surface area contributed by atoms with E-state index >= 15 is 0 Å². The van der Waals surface area contributed by atoms with Crippen molar-refractivity contribution in [3.8, 4) is 0 Å². The maximum atomic E-state index is 12.3. The van der Waals surface area contributed by atoms with Crippen LogP contribution in [-0.4, -0.2) is 46.9 Å². The number of aliphatic hydroxyl groups is 1. The lowest BCUT2D eigenvalue weighted by atomic mass is 9.81. The van der Waals surface area contributed by atoms with Crippen LogP contribution in [0.1, 0.15) is 25.7 Å². The fourth-order valence-corrected chi connectivity index (χ4v) is 4.37. The summed E-state index contributed by atoms with van der Waals surface area (Å²) < 4.78 is 5.64. The first-order chi connectivity index (χ1) is 10.9. The molecule has 0 aromatic rings. The molecule has 0 aromatic carbocycles. The molecule has 3 aliphatic rings. The maximum Gasteiger partial charge on any atom is 0.323 e. The van der Waals surface area contributed by atoms with E-state index in [4.69, 9.17) is 9.84 Å². The quantitative estimate of drug-likeness (QED) is 0.525. The van der Waals surface area contributed by atoms with Crippen molar-refractivity contribution in [2.24, 2.45) is 17.8 Å². The average Bonchev–Trinajstić information content (AvgIpc) is 2.98. The maximum absolute atomic E-state index is 12.3. The molecule has 0 amide bonds. The molecule has 3 fully saturated rings. The molecule has 6 atom stereocenters. The molecule has 23 heavy (non-hydrogen) atoms. The number of hydrogen-bond acceptors (Lipinski definition) is 5. The number of nitrogens with one attached hydrogen (secondary N) is 1. The zero-order chi connectivity index (χ0) is 16.7. The summed E-state index contributed by atoms with van der Waals surface area (Å²) in [7, 11) is 0. The minimum atomic E-state index is -1.18. The van der Waals surface area contributed by atoms with Crippen LogP contribution in [0.3, 0.4) is 0 Å². The van der Waals surface area contributed by atoms with Crippen LogP contribution in [0.5, 0.6) is 0 Å². The highest BCUT2D eigenvalue weighted by Gasteiger charge is 2.53. The van der Waals surface area contributed by atoms with Gasteiger partial charge in [0.1, 0.15) is 18.2 Å². The normalized spacial score (nSPS) is 37.8. The van der Waals surface area contributed by atoms with Crippen molar-refractivity contribution in [3.05, 3.63) is 24.3 Å². The second-order valence-electron chi connectivity index (χ2n) is 6.81. The van der Waals surface area contributed by atoms with Gasteiger partial charge in [0.25, 0.3) is 0 Å². The zero-order valence-corrected chi connectivity index (χ0v) is 13.0. The number of aliphatic carboxylic acids is 1. The van der Waals surface area contributed by atoms with Crippen LogP contribution < -0.4 is 5.32 Å². The topological polar surface area (TPSA) is 95.9 Å². The number of ether oxygens (including phenoxy) is 1. The largest absolute Gasteiger partial charge is 0.480 e. The van der Waals surface area contributed by atoms with Gasteiger partial charge in [-0.25, -0.2) is 0 Å². The molecular formula is C17H23NO5. The predicted molar refractivity (Wildman–Crippen MR) is 82.5 cm³/mol. The summed E-state index contributed by atoms with van der Waals surface area (Å²) in [6, 6.07) is -1.87. The summed E-state index contributed by atoms with van der Waals surface area (Å²) in [5, 5.41) is 21.1. The highest BCUT2D eigenvalue weighted by Crippen LogP contribution is 2.50. The summed E-state index contributed by atoms with van der Waals surface area (Å²) in [5.41, 5.74) is 2.27. The molecule has 3 N–H and O–H groups in total. The number of hydrogen-bond donors (Lipinski definition) is 3. The van der Waals surface area contributed by atoms with Gasteiger partial charge in [-0.15, -0.1) is 0 Å². The Balaban J connectivity index is 1.85. The van der Waals surface area contributed by atoms with Gasteiger partial charge in [-0.1, -0.05) is 24.3 Å². The van der Waals surface area contributed by atoms with Crippen molar-refractivity contribution < 1.29 is 24.5 Å². The lowest BCUT2D eigenvalue weighted by Crippen LogP contribution is -2.50. The van der Waals surface area contributed by atoms with Crippen LogP contribution in [0.25, 0.3) is 0 Å². The number of carboxylic acids is 1. The minimum Gasteiger partial charge on any atom is -0.480 e. The van der Waals surface area contributed by atoms with Crippen LogP contribution in [0, 0.1) is 17.8 Å². The van der Waals surface area contributed by atoms with Gasteiger partial charge in [0, 0.05) is 11.8 Å². The summed E-state index contributed by atoms with van der Waals surface area (Å²) in [4.78, 5) is 23.4. The van der Waals surface area contributed by atoms with E-state index in [0.717, 1.165) is 31.3 Å². The van der Waals surface area contributed by atoms with Gasteiger partial charge in [0.05, 0.1) is 6.61 Å². The number of allylic oxidation sites excluding steroid dienone is 1. The van der Waals surface area contributed by atoms with E-state index in [9.17, 15) is 14.7 Å². The average molecular weight is 321 g/mol. The number of rotatable bonds is 4. The standard InChI is InChI=1S/C17H23NO5/c1-8-3-6-11-14(18-12(7-19)16(20)21)17(22)23-15(11)13-9(2)4-5-10(8)13/h10-15,18-19H,1-7H2,(H,20,21)/t10-,11-,12-,13-,14-,15-/m0/s1. The molecule has 126 valence electrons. The first kappa shape index (κ1) is 16.2. The summed E-state index contributed by atoms with van der Waals surface area (Å²) in [5.74, 6) is -1.33. The molecule has 2 saturated carbocycles. The molecule has 6 heteroatoms. The molecule has 0 unspecified atom stereocenters. The molecular weight excluding hydrogens is 298 g/mol. The number of carbonyl (C=O) groups is 2. The Morgan fingerprint density at radius 3 is 2.65 bits per heavy atom. The number of aliphatic hydroxyl groups excluding tert-OH is 1. The Kier molecular flexibility index (Phi) is 4.29. The highest BCUT2D eigenvalue weighted by molar-refractivity contribution is 5.81. The lowest BCUT2D eigenvalue weighted by Gasteiger charge is -2.27. The Morgan fingerprint density at radius 1 is 1.30 bits per heavy atom. The van der Waals surface area contributed by atoms with Crippen molar-refractivity contribution in [1.29, 1.82) is 0 Å². The Hall–Kier alpha value is -1.66. The molecule has 1 saturated heterocycles. The van der Waals surface area contributed by atoms with Gasteiger partial charge in [-0.2, -0.15) is 0 Å². The van der Waals surface area contributed by atoms with Crippen molar-refractivity contribution in [1.82, 2.24) is 5.32 Å². The summed E-state index contributed by atoms with van der Waals surface area (Å²) in [6.45, 7) is 7.77. The highest BCUT2D eigenvalue weighted by atomic mass is 16.6. The van der Waals surface area contributed by atoms with E-state index in [-0.39, 0.29) is 17.9 Å². The Morgan fingerprint density at radius 2 is 2.00 bits per heavy atom. The van der Waals surface area contributed by atoms with Crippen molar-refractivity contribution >= 4 is 11.9 Å². The first-order valence-electron chi connectivity index (χ1n) is 8.09. The van der Waals surface area contributed by atoms with E-state index in [1.54, 1.807) is 0 Å². The van der Waals surface area contributed by atoms with Crippen LogP contribution in [0.4, 0.5) is 0 Å². The van der Waals surface area contributed by atoms with Crippen LogP contribution in [0.2, 0.25) is 0 Å². The van der Waals surface area contributed by atoms with Gasteiger partial charge in [0.2, 0.25) is 0 Å². The number of carbonyl (C=O) groups excluding carboxylic acids is 1. The molecule has 1 aliphatic heterocycles. The van der Waals surface area contributed by atoms with E-state index in [2.05, 4.69) is 18.5 Å². The van der Waals surface area contributed by atoms with E-state index < -0.39 is 30.6 Å². The third-order valence-corrected chi connectivity index (χ3v) is 5.58. The third-order valence-electron chi connectivity index (χ3n) is 5.58. The molecule has 0 aromatic heterocycles. The number of fused-ring (bicyclic) bond motifs is 3. The van der Waals surface area contributed by atoms with E-state index in [1.165, 1.54) is 5.57 Å². The molecule has 0 radical (unpaired) electrons. The smallest absolute Gasteiger partial charge is 0.323 e. The monoisotopic (exact) mass is 321 g/mol. The van der Waals surface area contributed by atoms with Gasteiger partial charge in [-0.3, -0.25) is 14.9 Å². The third kappa shape index (κ3) is 2.70. The SMILES string of the molecule is C=C1CC[C@H]2C(=C)CC[C@@H]3[C@H](OC(=O)[C@H]3N[C@@H](CO)C(=O)O)[C@@H]12.